The molecule has 0 saturated carbocycles. The molecule has 1 amide bonds. The van der Waals surface area contributed by atoms with Crippen molar-refractivity contribution < 1.29 is 18.1 Å². The molecule has 0 fully saturated rings. The molecular formula is C8H19NO4Si. The maximum Gasteiger partial charge on any atom is 0.510 e. The molecule has 5 nitrogen and oxygen atoms in total. The van der Waals surface area contributed by atoms with Crippen LogP contribution in [-0.4, -0.2) is 34.5 Å². The highest BCUT2D eigenvalue weighted by atomic mass is 28.4. The summed E-state index contributed by atoms with van der Waals surface area (Å²) < 4.78 is 16.2. The largest absolute Gasteiger partial charge is 0.510 e. The number of carbonyl (C=O) groups excluding carboxylic acids is 1. The minimum Gasteiger partial charge on any atom is -0.373 e. The van der Waals surface area contributed by atoms with E-state index in [1.54, 1.807) is 0 Å². The third-order valence-electron chi connectivity index (χ3n) is 1.48. The van der Waals surface area contributed by atoms with Gasteiger partial charge in [-0.1, -0.05) is 0 Å². The van der Waals surface area contributed by atoms with Crippen LogP contribution in [0, 0.1) is 0 Å². The van der Waals surface area contributed by atoms with Gasteiger partial charge in [0, 0.05) is 19.8 Å². The average molecular weight is 221 g/mol. The molecule has 0 aromatic rings. The molecule has 0 aliphatic heterocycles. The summed E-state index contributed by atoms with van der Waals surface area (Å²) in [5.74, 6) is -0.452. The van der Waals surface area contributed by atoms with Crippen LogP contribution in [-0.2, 0) is 18.1 Å². The molecule has 0 saturated heterocycles. The van der Waals surface area contributed by atoms with E-state index in [0.29, 0.717) is 19.8 Å². The Balaban J connectivity index is 4.45. The van der Waals surface area contributed by atoms with Crippen LogP contribution in [0.4, 0.5) is 0 Å². The lowest BCUT2D eigenvalue weighted by Gasteiger charge is -2.27. The van der Waals surface area contributed by atoms with Gasteiger partial charge in [-0.25, -0.2) is 0 Å². The number of amides is 1. The van der Waals surface area contributed by atoms with Crippen LogP contribution < -0.4 is 5.73 Å². The molecule has 0 spiro atoms. The Kier molecular flexibility index (Phi) is 6.72. The highest BCUT2D eigenvalue weighted by molar-refractivity contribution is 6.64. The first-order valence-corrected chi connectivity index (χ1v) is 6.73. The van der Waals surface area contributed by atoms with Crippen LogP contribution in [0.25, 0.3) is 0 Å². The number of carbonyl (C=O) groups is 1. The van der Waals surface area contributed by atoms with Gasteiger partial charge in [0.2, 0.25) is 5.91 Å². The Morgan fingerprint density at radius 1 is 1.07 bits per heavy atom. The van der Waals surface area contributed by atoms with Gasteiger partial charge in [-0.15, -0.1) is 0 Å². The molecule has 0 aliphatic carbocycles. The van der Waals surface area contributed by atoms with E-state index in [9.17, 15) is 4.79 Å². The van der Waals surface area contributed by atoms with Gasteiger partial charge in [-0.05, 0) is 20.8 Å². The summed E-state index contributed by atoms with van der Waals surface area (Å²) >= 11 is 0. The van der Waals surface area contributed by atoms with Crippen LogP contribution in [0.3, 0.4) is 0 Å². The number of hydrogen-bond donors (Lipinski definition) is 1. The quantitative estimate of drug-likeness (QED) is 0.607. The molecule has 0 atom stereocenters. The molecule has 0 heterocycles. The average Bonchev–Trinajstić information content (AvgIpc) is 2.03. The first-order valence-electron chi connectivity index (χ1n) is 4.80. The fourth-order valence-corrected chi connectivity index (χ4v) is 3.45. The predicted molar refractivity (Wildman–Crippen MR) is 54.6 cm³/mol. The van der Waals surface area contributed by atoms with E-state index in [2.05, 4.69) is 0 Å². The number of hydrogen-bond acceptors (Lipinski definition) is 4. The second-order valence-electron chi connectivity index (χ2n) is 2.63. The van der Waals surface area contributed by atoms with Gasteiger partial charge in [-0.3, -0.25) is 4.79 Å². The zero-order chi connectivity index (χ0) is 11.0. The van der Waals surface area contributed by atoms with E-state index < -0.39 is 14.7 Å². The molecule has 0 aliphatic rings. The molecule has 0 aromatic heterocycles. The van der Waals surface area contributed by atoms with Gasteiger partial charge in [0.15, 0.2) is 0 Å². The maximum atomic E-state index is 10.9. The second kappa shape index (κ2) is 6.94. The van der Waals surface area contributed by atoms with Gasteiger partial charge in [0.05, 0.1) is 6.04 Å². The lowest BCUT2D eigenvalue weighted by Crippen LogP contribution is -2.48. The van der Waals surface area contributed by atoms with Gasteiger partial charge in [0.25, 0.3) is 0 Å². The first kappa shape index (κ1) is 13.6. The molecule has 0 unspecified atom stereocenters. The van der Waals surface area contributed by atoms with Crippen molar-refractivity contribution in [1.29, 1.82) is 0 Å². The van der Waals surface area contributed by atoms with E-state index in [0.717, 1.165) is 0 Å². The van der Waals surface area contributed by atoms with Gasteiger partial charge in [0.1, 0.15) is 0 Å². The van der Waals surface area contributed by atoms with Crippen molar-refractivity contribution in [2.75, 3.05) is 19.8 Å². The highest BCUT2D eigenvalue weighted by Gasteiger charge is 2.42. The van der Waals surface area contributed by atoms with E-state index >= 15 is 0 Å². The lowest BCUT2D eigenvalue weighted by molar-refractivity contribution is -0.117. The molecule has 14 heavy (non-hydrogen) atoms. The molecule has 0 rings (SSSR count). The zero-order valence-corrected chi connectivity index (χ0v) is 10.0. The van der Waals surface area contributed by atoms with E-state index in [1.165, 1.54) is 0 Å². The smallest absolute Gasteiger partial charge is 0.373 e. The molecule has 84 valence electrons. The fourth-order valence-electron chi connectivity index (χ4n) is 1.15. The summed E-state index contributed by atoms with van der Waals surface area (Å²) in [6, 6.07) is 0.0442. The number of nitrogens with two attached hydrogens (primary N) is 1. The Labute approximate surface area is 85.9 Å². The van der Waals surface area contributed by atoms with E-state index in [-0.39, 0.29) is 6.04 Å². The van der Waals surface area contributed by atoms with Crippen molar-refractivity contribution in [2.45, 2.75) is 26.8 Å². The summed E-state index contributed by atoms with van der Waals surface area (Å²) in [6.07, 6.45) is 0. The topological polar surface area (TPSA) is 70.8 Å². The fraction of sp³-hybridized carbons (Fsp3) is 0.875. The van der Waals surface area contributed by atoms with Crippen molar-refractivity contribution in [3.05, 3.63) is 0 Å². The van der Waals surface area contributed by atoms with Gasteiger partial charge in [-0.2, -0.15) is 0 Å². The maximum absolute atomic E-state index is 10.9. The molecule has 2 N–H and O–H groups in total. The van der Waals surface area contributed by atoms with E-state index in [4.69, 9.17) is 19.0 Å². The van der Waals surface area contributed by atoms with Crippen LogP contribution in [0.1, 0.15) is 20.8 Å². The molecule has 0 bridgehead atoms. The van der Waals surface area contributed by atoms with Crippen molar-refractivity contribution in [2.24, 2.45) is 5.73 Å². The van der Waals surface area contributed by atoms with Gasteiger partial charge < -0.3 is 19.0 Å². The summed E-state index contributed by atoms with van der Waals surface area (Å²) in [4.78, 5) is 10.9. The third kappa shape index (κ3) is 4.71. The monoisotopic (exact) mass is 221 g/mol. The van der Waals surface area contributed by atoms with Crippen molar-refractivity contribution in [3.63, 3.8) is 0 Å². The lowest BCUT2D eigenvalue weighted by atomic mass is 10.8. The van der Waals surface area contributed by atoms with Crippen molar-refractivity contribution in [3.8, 4) is 0 Å². The standard InChI is InChI=1S/C8H19NO4Si/c1-4-11-14(12-5-2,13-6-3)7-8(9)10/h4-7H2,1-3H3,(H2,9,10). The second-order valence-corrected chi connectivity index (χ2v) is 5.21. The summed E-state index contributed by atoms with van der Waals surface area (Å²) in [7, 11) is -2.83. The molecule has 0 radical (unpaired) electrons. The predicted octanol–water partition coefficient (Wildman–Crippen LogP) is 0.520. The summed E-state index contributed by atoms with van der Waals surface area (Å²) in [6.45, 7) is 6.88. The number of rotatable bonds is 8. The minimum absolute atomic E-state index is 0.0442. The van der Waals surface area contributed by atoms with Gasteiger partial charge >= 0.3 is 8.80 Å². The van der Waals surface area contributed by atoms with Crippen LogP contribution in [0.5, 0.6) is 0 Å². The van der Waals surface area contributed by atoms with Crippen LogP contribution in [0.15, 0.2) is 0 Å². The normalized spacial score (nSPS) is 11.6. The van der Waals surface area contributed by atoms with E-state index in [1.807, 2.05) is 20.8 Å². The molecule has 6 heteroatoms. The minimum atomic E-state index is -2.83. The Morgan fingerprint density at radius 3 is 1.64 bits per heavy atom. The third-order valence-corrected chi connectivity index (χ3v) is 4.45. The van der Waals surface area contributed by atoms with Crippen molar-refractivity contribution >= 4 is 14.7 Å². The Hall–Kier alpha value is -0.433. The van der Waals surface area contributed by atoms with Crippen LogP contribution in [0.2, 0.25) is 6.04 Å². The van der Waals surface area contributed by atoms with Crippen LogP contribution >= 0.6 is 0 Å². The Morgan fingerprint density at radius 2 is 1.43 bits per heavy atom. The first-order chi connectivity index (χ1) is 6.60. The molecular weight excluding hydrogens is 202 g/mol. The summed E-state index contributed by atoms with van der Waals surface area (Å²) in [5, 5.41) is 0. The number of primary amides is 1. The summed E-state index contributed by atoms with van der Waals surface area (Å²) in [5.41, 5.74) is 5.13. The zero-order valence-electron chi connectivity index (χ0n) is 9.04. The molecule has 0 aromatic carbocycles. The highest BCUT2D eigenvalue weighted by Crippen LogP contribution is 2.15. The van der Waals surface area contributed by atoms with Crippen molar-refractivity contribution in [1.82, 2.24) is 0 Å². The SMILES string of the molecule is CCO[Si](CC(N)=O)(OCC)OCC. The Bertz CT molecular complexity index is 160.